The summed E-state index contributed by atoms with van der Waals surface area (Å²) in [5, 5.41) is 0. The highest BCUT2D eigenvalue weighted by Gasteiger charge is 2.29. The van der Waals surface area contributed by atoms with E-state index in [1.54, 1.807) is 0 Å². The van der Waals surface area contributed by atoms with Gasteiger partial charge in [0.2, 0.25) is 5.82 Å². The molecule has 0 spiro atoms. The van der Waals surface area contributed by atoms with Gasteiger partial charge in [-0.3, -0.25) is 11.3 Å². The Balaban J connectivity index is 3.16. The van der Waals surface area contributed by atoms with Gasteiger partial charge in [0.25, 0.3) is 0 Å². The van der Waals surface area contributed by atoms with Crippen LogP contribution < -0.4 is 11.3 Å². The smallest absolute Gasteiger partial charge is 0.200 e. The zero-order valence-electron chi connectivity index (χ0n) is 10.4. The number of benzene rings is 1. The molecule has 0 aliphatic rings. The molecule has 1 atom stereocenters. The molecule has 1 aromatic carbocycles. The van der Waals surface area contributed by atoms with Gasteiger partial charge in [0.1, 0.15) is 0 Å². The number of nitrogens with one attached hydrogen (secondary N) is 1. The van der Waals surface area contributed by atoms with Crippen LogP contribution in [-0.2, 0) is 0 Å². The van der Waals surface area contributed by atoms with Crippen molar-refractivity contribution in [2.45, 2.75) is 38.6 Å². The lowest BCUT2D eigenvalue weighted by Crippen LogP contribution is -2.30. The van der Waals surface area contributed by atoms with E-state index in [2.05, 4.69) is 5.43 Å². The first-order valence-corrected chi connectivity index (χ1v) is 5.93. The first-order chi connectivity index (χ1) is 8.95. The third-order valence-electron chi connectivity index (χ3n) is 2.89. The Morgan fingerprint density at radius 2 is 1.37 bits per heavy atom. The van der Waals surface area contributed by atoms with Crippen molar-refractivity contribution in [2.75, 3.05) is 0 Å². The molecule has 108 valence electrons. The fourth-order valence-electron chi connectivity index (χ4n) is 1.84. The monoisotopic (exact) mass is 282 g/mol. The summed E-state index contributed by atoms with van der Waals surface area (Å²) < 4.78 is 66.1. The van der Waals surface area contributed by atoms with Crippen LogP contribution in [0.5, 0.6) is 0 Å². The van der Waals surface area contributed by atoms with Crippen LogP contribution in [0.4, 0.5) is 22.0 Å². The molecule has 7 heteroatoms. The minimum atomic E-state index is -2.16. The van der Waals surface area contributed by atoms with Crippen LogP contribution in [0.25, 0.3) is 0 Å². The van der Waals surface area contributed by atoms with Crippen LogP contribution in [-0.4, -0.2) is 0 Å². The molecule has 3 N–H and O–H groups in total. The Morgan fingerprint density at radius 1 is 0.895 bits per heavy atom. The second kappa shape index (κ2) is 6.81. The molecule has 1 rings (SSSR count). The van der Waals surface area contributed by atoms with E-state index in [1.165, 1.54) is 0 Å². The van der Waals surface area contributed by atoms with Crippen LogP contribution in [0.2, 0.25) is 0 Å². The molecule has 0 bridgehead atoms. The van der Waals surface area contributed by atoms with Crippen LogP contribution >= 0.6 is 0 Å². The van der Waals surface area contributed by atoms with Crippen LogP contribution in [0.1, 0.15) is 44.2 Å². The second-order valence-corrected chi connectivity index (χ2v) is 4.20. The summed E-state index contributed by atoms with van der Waals surface area (Å²) in [6, 6.07) is -1.11. The fraction of sp³-hybridized carbons (Fsp3) is 0.500. The highest BCUT2D eigenvalue weighted by Crippen LogP contribution is 2.29. The van der Waals surface area contributed by atoms with Crippen molar-refractivity contribution in [1.29, 1.82) is 0 Å². The van der Waals surface area contributed by atoms with Gasteiger partial charge in [-0.1, -0.05) is 26.2 Å². The molecular formula is C12H15F5N2. The standard InChI is InChI=1S/C12H15F5N2/c1-2-3-4-5-6(19-18)7-8(13)10(15)12(17)11(16)9(7)14/h6,19H,2-5,18H2,1H3. The molecule has 0 saturated carbocycles. The first-order valence-electron chi connectivity index (χ1n) is 5.93. The summed E-state index contributed by atoms with van der Waals surface area (Å²) >= 11 is 0. The predicted molar refractivity (Wildman–Crippen MR) is 60.4 cm³/mol. The van der Waals surface area contributed by atoms with Gasteiger partial charge in [-0.25, -0.2) is 22.0 Å². The molecule has 0 aliphatic heterocycles. The van der Waals surface area contributed by atoms with E-state index in [-0.39, 0.29) is 6.42 Å². The molecule has 0 amide bonds. The summed E-state index contributed by atoms with van der Waals surface area (Å²) in [6.07, 6.45) is 2.37. The zero-order chi connectivity index (χ0) is 14.6. The number of hydrogen-bond acceptors (Lipinski definition) is 2. The van der Waals surface area contributed by atoms with E-state index in [9.17, 15) is 22.0 Å². The van der Waals surface area contributed by atoms with E-state index in [4.69, 9.17) is 5.84 Å². The molecular weight excluding hydrogens is 267 g/mol. The van der Waals surface area contributed by atoms with Crippen molar-refractivity contribution in [3.8, 4) is 0 Å². The van der Waals surface area contributed by atoms with E-state index >= 15 is 0 Å². The van der Waals surface area contributed by atoms with Gasteiger partial charge in [0.05, 0.1) is 6.04 Å². The van der Waals surface area contributed by atoms with Crippen molar-refractivity contribution in [3.63, 3.8) is 0 Å². The van der Waals surface area contributed by atoms with Gasteiger partial charge >= 0.3 is 0 Å². The Kier molecular flexibility index (Phi) is 5.68. The maximum atomic E-state index is 13.5. The van der Waals surface area contributed by atoms with Gasteiger partial charge in [0, 0.05) is 5.56 Å². The Hall–Kier alpha value is -1.21. The van der Waals surface area contributed by atoms with Gasteiger partial charge in [-0.2, -0.15) is 0 Å². The summed E-state index contributed by atoms with van der Waals surface area (Å²) in [5.41, 5.74) is 1.19. The summed E-state index contributed by atoms with van der Waals surface area (Å²) in [5.74, 6) is -4.61. The molecule has 0 saturated heterocycles. The number of rotatable bonds is 6. The molecule has 19 heavy (non-hydrogen) atoms. The van der Waals surface area contributed by atoms with E-state index in [0.717, 1.165) is 12.8 Å². The Labute approximate surface area is 107 Å². The van der Waals surface area contributed by atoms with Gasteiger partial charge in [-0.15, -0.1) is 0 Å². The second-order valence-electron chi connectivity index (χ2n) is 4.20. The predicted octanol–water partition coefficient (Wildman–Crippen LogP) is 3.47. The third kappa shape index (κ3) is 3.22. The normalized spacial score (nSPS) is 12.8. The van der Waals surface area contributed by atoms with Crippen LogP contribution in [0, 0.1) is 29.1 Å². The molecule has 0 aromatic heterocycles. The van der Waals surface area contributed by atoms with E-state index in [0.29, 0.717) is 6.42 Å². The largest absolute Gasteiger partial charge is 0.271 e. The first kappa shape index (κ1) is 15.8. The molecule has 1 unspecified atom stereocenters. The van der Waals surface area contributed by atoms with Crippen LogP contribution in [0.3, 0.4) is 0 Å². The molecule has 0 fully saturated rings. The van der Waals surface area contributed by atoms with E-state index < -0.39 is 40.7 Å². The maximum Gasteiger partial charge on any atom is 0.200 e. The van der Waals surface area contributed by atoms with Crippen molar-refractivity contribution < 1.29 is 22.0 Å². The Bertz CT molecular complexity index is 421. The lowest BCUT2D eigenvalue weighted by molar-refractivity contribution is 0.350. The van der Waals surface area contributed by atoms with Gasteiger partial charge < -0.3 is 0 Å². The van der Waals surface area contributed by atoms with Crippen molar-refractivity contribution in [2.24, 2.45) is 5.84 Å². The number of hydrazine groups is 1. The molecule has 0 radical (unpaired) electrons. The lowest BCUT2D eigenvalue weighted by atomic mass is 9.99. The van der Waals surface area contributed by atoms with Gasteiger partial charge in [-0.05, 0) is 6.42 Å². The highest BCUT2D eigenvalue weighted by atomic mass is 19.2. The summed E-state index contributed by atoms with van der Waals surface area (Å²) in [7, 11) is 0. The fourth-order valence-corrected chi connectivity index (χ4v) is 1.84. The molecule has 1 aromatic rings. The minimum Gasteiger partial charge on any atom is -0.271 e. The van der Waals surface area contributed by atoms with Crippen molar-refractivity contribution >= 4 is 0 Å². The zero-order valence-corrected chi connectivity index (χ0v) is 10.4. The SMILES string of the molecule is CCCCCC(NN)c1c(F)c(F)c(F)c(F)c1F. The maximum absolute atomic E-state index is 13.5. The number of halogens is 5. The quantitative estimate of drug-likeness (QED) is 0.209. The third-order valence-corrected chi connectivity index (χ3v) is 2.89. The summed E-state index contributed by atoms with van der Waals surface area (Å²) in [6.45, 7) is 1.92. The average Bonchev–Trinajstić information content (AvgIpc) is 2.41. The highest BCUT2D eigenvalue weighted by molar-refractivity contribution is 5.27. The number of nitrogens with two attached hydrogens (primary N) is 1. The Morgan fingerprint density at radius 3 is 1.79 bits per heavy atom. The topological polar surface area (TPSA) is 38.0 Å². The van der Waals surface area contributed by atoms with Crippen molar-refractivity contribution in [3.05, 3.63) is 34.6 Å². The molecule has 0 aliphatic carbocycles. The average molecular weight is 282 g/mol. The van der Waals surface area contributed by atoms with Crippen molar-refractivity contribution in [1.82, 2.24) is 5.43 Å². The minimum absolute atomic E-state index is 0.183. The number of hydrogen-bond donors (Lipinski definition) is 2. The lowest BCUT2D eigenvalue weighted by Gasteiger charge is -2.18. The van der Waals surface area contributed by atoms with Crippen LogP contribution in [0.15, 0.2) is 0 Å². The molecule has 0 heterocycles. The summed E-state index contributed by atoms with van der Waals surface area (Å²) in [4.78, 5) is 0. The molecule has 2 nitrogen and oxygen atoms in total. The number of unbranched alkanes of at least 4 members (excludes halogenated alkanes) is 2. The van der Waals surface area contributed by atoms with E-state index in [1.807, 2.05) is 6.92 Å². The van der Waals surface area contributed by atoms with Gasteiger partial charge in [0.15, 0.2) is 23.3 Å².